The van der Waals surface area contributed by atoms with Crippen molar-refractivity contribution in [3.63, 3.8) is 0 Å². The first-order valence-electron chi connectivity index (χ1n) is 11.0. The van der Waals surface area contributed by atoms with Crippen molar-refractivity contribution in [1.82, 2.24) is 20.1 Å². The van der Waals surface area contributed by atoms with E-state index in [1.54, 1.807) is 25.4 Å². The van der Waals surface area contributed by atoms with Gasteiger partial charge in [0.25, 0.3) is 5.91 Å². The van der Waals surface area contributed by atoms with Crippen LogP contribution in [-0.2, 0) is 0 Å². The number of rotatable bonds is 7. The molecule has 0 bridgehead atoms. The number of β-amino-alcohol motifs (C(OH)–C–C–N with tert-alkyl or cyclic N) is 1. The van der Waals surface area contributed by atoms with Crippen molar-refractivity contribution in [2.24, 2.45) is 9.98 Å². The van der Waals surface area contributed by atoms with Crippen molar-refractivity contribution in [3.05, 3.63) is 47.8 Å². The molecular formula is C23H26N6O4. The van der Waals surface area contributed by atoms with Crippen LogP contribution in [-0.4, -0.2) is 90.1 Å². The number of hydrogen-bond donors (Lipinski definition) is 2. The Morgan fingerprint density at radius 2 is 2.15 bits per heavy atom. The summed E-state index contributed by atoms with van der Waals surface area (Å²) < 4.78 is 11.6. The van der Waals surface area contributed by atoms with Crippen LogP contribution in [0.25, 0.3) is 0 Å². The molecule has 172 valence electrons. The van der Waals surface area contributed by atoms with Gasteiger partial charge in [-0.3, -0.25) is 25.0 Å². The number of aromatic nitrogens is 1. The fourth-order valence-corrected chi connectivity index (χ4v) is 4.07. The number of nitrogens with one attached hydrogen (secondary N) is 1. The van der Waals surface area contributed by atoms with Crippen molar-refractivity contribution in [2.45, 2.75) is 12.5 Å². The minimum atomic E-state index is -0.599. The van der Waals surface area contributed by atoms with E-state index in [4.69, 9.17) is 14.5 Å². The predicted octanol–water partition coefficient (Wildman–Crippen LogP) is 1.03. The topological polar surface area (TPSA) is 112 Å². The summed E-state index contributed by atoms with van der Waals surface area (Å²) in [5, 5.41) is 13.2. The molecule has 0 unspecified atom stereocenters. The van der Waals surface area contributed by atoms with Crippen molar-refractivity contribution >= 4 is 23.4 Å². The first-order valence-corrected chi connectivity index (χ1v) is 11.0. The first kappa shape index (κ1) is 21.4. The number of aliphatic imine (C=N–C) groups is 2. The van der Waals surface area contributed by atoms with Gasteiger partial charge in [0.1, 0.15) is 24.2 Å². The van der Waals surface area contributed by atoms with E-state index in [1.165, 1.54) is 12.6 Å². The molecule has 33 heavy (non-hydrogen) atoms. The molecule has 0 radical (unpaired) electrons. The average Bonchev–Trinajstić information content (AvgIpc) is 3.31. The maximum atomic E-state index is 12.7. The van der Waals surface area contributed by atoms with Crippen LogP contribution in [0.2, 0.25) is 0 Å². The monoisotopic (exact) mass is 450 g/mol. The lowest BCUT2D eigenvalue weighted by Gasteiger charge is -2.32. The number of aliphatic hydroxyl groups excluding tert-OH is 1. The number of ether oxygens (including phenoxy) is 2. The van der Waals surface area contributed by atoms with Crippen LogP contribution in [0.5, 0.6) is 11.5 Å². The molecule has 4 heterocycles. The molecule has 5 rings (SSSR count). The molecule has 1 fully saturated rings. The lowest BCUT2D eigenvalue weighted by atomic mass is 10.1. The summed E-state index contributed by atoms with van der Waals surface area (Å²) in [6.45, 7) is 3.97. The molecule has 2 N–H and O–H groups in total. The van der Waals surface area contributed by atoms with Gasteiger partial charge in [0, 0.05) is 31.0 Å². The van der Waals surface area contributed by atoms with Gasteiger partial charge >= 0.3 is 0 Å². The molecule has 1 saturated heterocycles. The number of nitrogens with zero attached hydrogens (tertiary/aromatic N) is 5. The number of likely N-dealkylation sites (tertiary alicyclic amines) is 1. The van der Waals surface area contributed by atoms with Gasteiger partial charge in [-0.1, -0.05) is 0 Å². The summed E-state index contributed by atoms with van der Waals surface area (Å²) in [6.07, 6.45) is 3.69. The molecule has 10 nitrogen and oxygen atoms in total. The predicted molar refractivity (Wildman–Crippen MR) is 122 cm³/mol. The molecule has 0 saturated carbocycles. The maximum Gasteiger partial charge on any atom is 0.259 e. The number of carbonyl (C=O) groups excluding carboxylic acids is 1. The summed E-state index contributed by atoms with van der Waals surface area (Å²) in [4.78, 5) is 30.1. The molecule has 1 aromatic heterocycles. The minimum Gasteiger partial charge on any atom is -0.491 e. The summed E-state index contributed by atoms with van der Waals surface area (Å²) in [7, 11) is 1.55. The van der Waals surface area contributed by atoms with Gasteiger partial charge in [-0.05, 0) is 43.8 Å². The molecule has 3 aliphatic heterocycles. The molecule has 0 spiro atoms. The Bertz CT molecular complexity index is 1100. The second-order valence-corrected chi connectivity index (χ2v) is 8.10. The number of hydrogen-bond acceptors (Lipinski definition) is 9. The second kappa shape index (κ2) is 9.16. The fourth-order valence-electron chi connectivity index (χ4n) is 4.07. The number of guanidine groups is 1. The van der Waals surface area contributed by atoms with E-state index in [1.807, 2.05) is 17.0 Å². The van der Waals surface area contributed by atoms with Crippen LogP contribution in [0.15, 0.2) is 46.6 Å². The van der Waals surface area contributed by atoms with Crippen LogP contribution in [0.3, 0.4) is 0 Å². The Kier molecular flexibility index (Phi) is 5.93. The number of carbonyl (C=O) groups is 1. The van der Waals surface area contributed by atoms with Crippen molar-refractivity contribution in [3.8, 4) is 11.5 Å². The van der Waals surface area contributed by atoms with Crippen LogP contribution >= 0.6 is 0 Å². The number of pyridine rings is 1. The Hall–Kier alpha value is -3.50. The third-order valence-electron chi connectivity index (χ3n) is 5.85. The third-order valence-corrected chi connectivity index (χ3v) is 5.85. The smallest absolute Gasteiger partial charge is 0.259 e. The van der Waals surface area contributed by atoms with E-state index in [0.717, 1.165) is 24.5 Å². The zero-order valence-electron chi connectivity index (χ0n) is 18.4. The van der Waals surface area contributed by atoms with Crippen molar-refractivity contribution in [1.29, 1.82) is 0 Å². The van der Waals surface area contributed by atoms with Crippen LogP contribution in [0, 0.1) is 0 Å². The van der Waals surface area contributed by atoms with E-state index in [9.17, 15) is 9.90 Å². The van der Waals surface area contributed by atoms with Crippen LogP contribution in [0.1, 0.15) is 22.3 Å². The van der Waals surface area contributed by atoms with Crippen molar-refractivity contribution < 1.29 is 19.4 Å². The minimum absolute atomic E-state index is 0.146. The largest absolute Gasteiger partial charge is 0.491 e. The van der Waals surface area contributed by atoms with Gasteiger partial charge in [-0.25, -0.2) is 4.99 Å². The summed E-state index contributed by atoms with van der Waals surface area (Å²) in [5.41, 5.74) is 1.77. The number of aliphatic hydroxyl groups is 1. The lowest BCUT2D eigenvalue weighted by Crippen LogP contribution is -2.47. The standard InChI is InChI=1S/C23H26N6O4/c1-32-20-18(33-14-16(30)13-28-9-3-10-28)6-5-17-19(20)26-23(29-11-8-25-21(17)29)27-22(31)15-4-2-7-24-12-15/h2,4-7,12,16,30H,3,8-11,13-14H2,1H3,(H,26,27,31)/t16-/m1/s1. The van der Waals surface area contributed by atoms with E-state index < -0.39 is 6.10 Å². The SMILES string of the molecule is COc1c(OC[C@H](O)CN2CCC2)ccc2c1N=C(NC(=O)c1cccnc1)N1CCN=C21. The van der Waals surface area contributed by atoms with Gasteiger partial charge in [-0.2, -0.15) is 0 Å². The quantitative estimate of drug-likeness (QED) is 0.648. The highest BCUT2D eigenvalue weighted by Gasteiger charge is 2.33. The summed E-state index contributed by atoms with van der Waals surface area (Å²) in [6, 6.07) is 7.09. The van der Waals surface area contributed by atoms with E-state index in [0.29, 0.717) is 48.3 Å². The highest BCUT2D eigenvalue weighted by atomic mass is 16.5. The number of amidine groups is 1. The Morgan fingerprint density at radius 3 is 2.88 bits per heavy atom. The molecule has 10 heteroatoms. The van der Waals surface area contributed by atoms with Gasteiger partial charge in [0.2, 0.25) is 5.96 Å². The summed E-state index contributed by atoms with van der Waals surface area (Å²) in [5.74, 6) is 1.71. The average molecular weight is 450 g/mol. The second-order valence-electron chi connectivity index (χ2n) is 8.10. The molecule has 1 atom stereocenters. The highest BCUT2D eigenvalue weighted by Crippen LogP contribution is 2.43. The van der Waals surface area contributed by atoms with Crippen LogP contribution < -0.4 is 14.8 Å². The van der Waals surface area contributed by atoms with E-state index in [2.05, 4.69) is 20.2 Å². The van der Waals surface area contributed by atoms with Crippen molar-refractivity contribution in [2.75, 3.05) is 46.4 Å². The molecule has 0 aliphatic carbocycles. The van der Waals surface area contributed by atoms with Gasteiger partial charge in [0.15, 0.2) is 11.5 Å². The van der Waals surface area contributed by atoms with Gasteiger partial charge in [0.05, 0.1) is 19.2 Å². The lowest BCUT2D eigenvalue weighted by molar-refractivity contribution is 0.0460. The number of fused-ring (bicyclic) bond motifs is 3. The molecule has 2 aromatic rings. The first-order chi connectivity index (χ1) is 16.1. The normalized spacial score (nSPS) is 17.8. The van der Waals surface area contributed by atoms with Gasteiger partial charge in [-0.15, -0.1) is 0 Å². The highest BCUT2D eigenvalue weighted by molar-refractivity contribution is 6.20. The molecule has 1 aromatic carbocycles. The zero-order chi connectivity index (χ0) is 22.8. The maximum absolute atomic E-state index is 12.7. The number of amides is 1. The fraction of sp³-hybridized carbons (Fsp3) is 0.391. The Balaban J connectivity index is 1.41. The third kappa shape index (κ3) is 4.27. The number of benzene rings is 1. The Labute approximate surface area is 191 Å². The van der Waals surface area contributed by atoms with E-state index in [-0.39, 0.29) is 12.5 Å². The van der Waals surface area contributed by atoms with E-state index >= 15 is 0 Å². The van der Waals surface area contributed by atoms with Crippen LogP contribution in [0.4, 0.5) is 5.69 Å². The molecule has 3 aliphatic rings. The zero-order valence-corrected chi connectivity index (χ0v) is 18.4. The number of methoxy groups -OCH3 is 1. The Morgan fingerprint density at radius 1 is 1.27 bits per heavy atom. The van der Waals surface area contributed by atoms with Gasteiger partial charge < -0.3 is 19.5 Å². The summed E-state index contributed by atoms with van der Waals surface area (Å²) >= 11 is 0. The molecular weight excluding hydrogens is 424 g/mol. The molecule has 1 amide bonds.